The Kier molecular flexibility index (Phi) is 3.66. The van der Waals surface area contributed by atoms with Crippen molar-refractivity contribution in [3.63, 3.8) is 0 Å². The van der Waals surface area contributed by atoms with Crippen LogP contribution in [0.1, 0.15) is 11.3 Å². The molecule has 0 atom stereocenters. The number of nitrogens with one attached hydrogen (secondary N) is 2. The first kappa shape index (κ1) is 13.3. The van der Waals surface area contributed by atoms with E-state index >= 15 is 0 Å². The number of benzene rings is 2. The molecule has 0 saturated heterocycles. The van der Waals surface area contributed by atoms with Crippen molar-refractivity contribution in [2.45, 2.75) is 13.5 Å². The first-order valence-corrected chi connectivity index (χ1v) is 6.73. The van der Waals surface area contributed by atoms with E-state index in [1.165, 1.54) is 0 Å². The highest BCUT2D eigenvalue weighted by Gasteiger charge is 2.04. The number of aromatic nitrogens is 2. The molecule has 5 nitrogen and oxygen atoms in total. The molecular weight excluding hydrogens is 264 g/mol. The fraction of sp³-hybridized carbons (Fsp3) is 0.125. The fourth-order valence-electron chi connectivity index (χ4n) is 2.09. The number of rotatable bonds is 4. The predicted molar refractivity (Wildman–Crippen MR) is 82.8 cm³/mol. The number of fused-ring (bicyclic) bond motifs is 1. The SMILES string of the molecule is Cc1nc2ccccc2nc1NNCc1ccccc1O. The van der Waals surface area contributed by atoms with E-state index in [9.17, 15) is 5.11 Å². The van der Waals surface area contributed by atoms with E-state index in [-0.39, 0.29) is 5.75 Å². The maximum Gasteiger partial charge on any atom is 0.162 e. The molecule has 2 aromatic carbocycles. The van der Waals surface area contributed by atoms with Crippen LogP contribution in [0.4, 0.5) is 5.82 Å². The summed E-state index contributed by atoms with van der Waals surface area (Å²) in [5.74, 6) is 0.956. The van der Waals surface area contributed by atoms with Crippen molar-refractivity contribution in [1.82, 2.24) is 15.4 Å². The van der Waals surface area contributed by atoms with E-state index in [0.717, 1.165) is 22.3 Å². The van der Waals surface area contributed by atoms with Crippen molar-refractivity contribution in [3.8, 4) is 5.75 Å². The maximum absolute atomic E-state index is 9.71. The zero-order valence-electron chi connectivity index (χ0n) is 11.7. The molecule has 0 bridgehead atoms. The van der Waals surface area contributed by atoms with E-state index in [1.54, 1.807) is 12.1 Å². The molecule has 5 heteroatoms. The molecule has 0 fully saturated rings. The van der Waals surface area contributed by atoms with Gasteiger partial charge in [-0.3, -0.25) is 0 Å². The Balaban J connectivity index is 1.73. The molecule has 106 valence electrons. The summed E-state index contributed by atoms with van der Waals surface area (Å²) < 4.78 is 0. The van der Waals surface area contributed by atoms with E-state index < -0.39 is 0 Å². The Morgan fingerprint density at radius 1 is 0.952 bits per heavy atom. The lowest BCUT2D eigenvalue weighted by molar-refractivity contribution is 0.466. The van der Waals surface area contributed by atoms with Crippen LogP contribution in [0, 0.1) is 6.92 Å². The van der Waals surface area contributed by atoms with E-state index in [4.69, 9.17) is 0 Å². The minimum atomic E-state index is 0.271. The number of aryl methyl sites for hydroxylation is 1. The molecule has 3 rings (SSSR count). The number of aromatic hydroxyl groups is 1. The molecular formula is C16H16N4O. The third kappa shape index (κ3) is 2.93. The van der Waals surface area contributed by atoms with Gasteiger partial charge < -0.3 is 10.5 Å². The highest BCUT2D eigenvalue weighted by molar-refractivity contribution is 5.76. The van der Waals surface area contributed by atoms with Crippen molar-refractivity contribution < 1.29 is 5.11 Å². The Labute approximate surface area is 122 Å². The highest BCUT2D eigenvalue weighted by atomic mass is 16.3. The minimum absolute atomic E-state index is 0.271. The second-order valence-corrected chi connectivity index (χ2v) is 4.75. The highest BCUT2D eigenvalue weighted by Crippen LogP contribution is 2.17. The average molecular weight is 280 g/mol. The van der Waals surface area contributed by atoms with Crippen molar-refractivity contribution in [1.29, 1.82) is 0 Å². The third-order valence-corrected chi connectivity index (χ3v) is 3.22. The first-order valence-electron chi connectivity index (χ1n) is 6.73. The number of phenolic OH excluding ortho intramolecular Hbond substituents is 1. The second-order valence-electron chi connectivity index (χ2n) is 4.75. The molecule has 0 aliphatic carbocycles. The topological polar surface area (TPSA) is 70.1 Å². The zero-order chi connectivity index (χ0) is 14.7. The second kappa shape index (κ2) is 5.76. The van der Waals surface area contributed by atoms with Crippen LogP contribution in [0.2, 0.25) is 0 Å². The van der Waals surface area contributed by atoms with Gasteiger partial charge in [0.2, 0.25) is 0 Å². The lowest BCUT2D eigenvalue weighted by atomic mass is 10.2. The molecule has 0 amide bonds. The number of phenols is 1. The normalized spacial score (nSPS) is 10.7. The standard InChI is InChI=1S/C16H16N4O/c1-11-16(19-14-8-4-3-7-13(14)18-11)20-17-10-12-6-2-5-9-15(12)21/h2-9,17,21H,10H2,1H3,(H,19,20). The Hall–Kier alpha value is -2.66. The number of hydrogen-bond acceptors (Lipinski definition) is 5. The van der Waals surface area contributed by atoms with Crippen molar-refractivity contribution in [2.24, 2.45) is 0 Å². The van der Waals surface area contributed by atoms with Gasteiger partial charge in [0.05, 0.1) is 16.7 Å². The van der Waals surface area contributed by atoms with Crippen molar-refractivity contribution in [3.05, 3.63) is 59.8 Å². The molecule has 0 aliphatic heterocycles. The molecule has 0 saturated carbocycles. The smallest absolute Gasteiger partial charge is 0.162 e. The lowest BCUT2D eigenvalue weighted by Gasteiger charge is -2.11. The average Bonchev–Trinajstić information content (AvgIpc) is 2.49. The van der Waals surface area contributed by atoms with Crippen molar-refractivity contribution >= 4 is 16.9 Å². The summed E-state index contributed by atoms with van der Waals surface area (Å²) in [5.41, 5.74) is 9.45. The number of para-hydroxylation sites is 3. The minimum Gasteiger partial charge on any atom is -0.508 e. The van der Waals surface area contributed by atoms with Crippen LogP contribution >= 0.6 is 0 Å². The van der Waals surface area contributed by atoms with Crippen LogP contribution in [0.25, 0.3) is 11.0 Å². The molecule has 1 heterocycles. The Morgan fingerprint density at radius 3 is 2.38 bits per heavy atom. The van der Waals surface area contributed by atoms with Crippen LogP contribution in [0.15, 0.2) is 48.5 Å². The van der Waals surface area contributed by atoms with Crippen LogP contribution in [-0.4, -0.2) is 15.1 Å². The lowest BCUT2D eigenvalue weighted by Crippen LogP contribution is -2.22. The van der Waals surface area contributed by atoms with Crippen LogP contribution < -0.4 is 10.9 Å². The summed E-state index contributed by atoms with van der Waals surface area (Å²) in [5, 5.41) is 9.71. The van der Waals surface area contributed by atoms with Gasteiger partial charge in [0.15, 0.2) is 5.82 Å². The summed E-state index contributed by atoms with van der Waals surface area (Å²) in [6.07, 6.45) is 0. The number of nitrogens with zero attached hydrogens (tertiary/aromatic N) is 2. The summed E-state index contributed by atoms with van der Waals surface area (Å²) in [4.78, 5) is 9.03. The predicted octanol–water partition coefficient (Wildman–Crippen LogP) is 2.76. The van der Waals surface area contributed by atoms with Crippen LogP contribution in [0.3, 0.4) is 0 Å². The van der Waals surface area contributed by atoms with Gasteiger partial charge in [0.1, 0.15) is 5.75 Å². The van der Waals surface area contributed by atoms with Gasteiger partial charge >= 0.3 is 0 Å². The molecule has 3 N–H and O–H groups in total. The van der Waals surface area contributed by atoms with Gasteiger partial charge in [-0.25, -0.2) is 15.4 Å². The molecule has 0 spiro atoms. The first-order chi connectivity index (χ1) is 10.2. The third-order valence-electron chi connectivity index (χ3n) is 3.22. The number of hydrazine groups is 1. The van der Waals surface area contributed by atoms with Gasteiger partial charge in [-0.2, -0.15) is 0 Å². The quantitative estimate of drug-likeness (QED) is 0.641. The van der Waals surface area contributed by atoms with E-state index in [0.29, 0.717) is 12.4 Å². The molecule has 0 aliphatic rings. The molecule has 1 aromatic heterocycles. The molecule has 3 aromatic rings. The van der Waals surface area contributed by atoms with Gasteiger partial charge in [-0.15, -0.1) is 0 Å². The van der Waals surface area contributed by atoms with E-state index in [2.05, 4.69) is 20.8 Å². The maximum atomic E-state index is 9.71. The molecule has 0 radical (unpaired) electrons. The summed E-state index contributed by atoms with van der Waals surface area (Å²) >= 11 is 0. The monoisotopic (exact) mass is 280 g/mol. The van der Waals surface area contributed by atoms with Crippen molar-refractivity contribution in [2.75, 3.05) is 5.43 Å². The fourth-order valence-corrected chi connectivity index (χ4v) is 2.09. The van der Waals surface area contributed by atoms with Crippen LogP contribution in [-0.2, 0) is 6.54 Å². The van der Waals surface area contributed by atoms with Gasteiger partial charge in [0, 0.05) is 12.1 Å². The van der Waals surface area contributed by atoms with E-state index in [1.807, 2.05) is 43.3 Å². The van der Waals surface area contributed by atoms with Gasteiger partial charge in [0.25, 0.3) is 0 Å². The summed E-state index contributed by atoms with van der Waals surface area (Å²) in [6.45, 7) is 2.39. The summed E-state index contributed by atoms with van der Waals surface area (Å²) in [7, 11) is 0. The molecule has 21 heavy (non-hydrogen) atoms. The number of anilines is 1. The Morgan fingerprint density at radius 2 is 1.62 bits per heavy atom. The number of hydrogen-bond donors (Lipinski definition) is 3. The van der Waals surface area contributed by atoms with Gasteiger partial charge in [-0.05, 0) is 25.1 Å². The van der Waals surface area contributed by atoms with Crippen LogP contribution in [0.5, 0.6) is 5.75 Å². The largest absolute Gasteiger partial charge is 0.508 e. The van der Waals surface area contributed by atoms with Gasteiger partial charge in [-0.1, -0.05) is 30.3 Å². The summed E-state index contributed by atoms with van der Waals surface area (Å²) in [6, 6.07) is 15.0. The Bertz CT molecular complexity index is 773. The zero-order valence-corrected chi connectivity index (χ0v) is 11.7. The molecule has 0 unspecified atom stereocenters.